The Morgan fingerprint density at radius 2 is 1.55 bits per heavy atom. The monoisotopic (exact) mass is 307 g/mol. The van der Waals surface area contributed by atoms with E-state index in [0.717, 1.165) is 64.0 Å². The van der Waals surface area contributed by atoms with E-state index in [4.69, 9.17) is 14.2 Å². The lowest BCUT2D eigenvalue weighted by molar-refractivity contribution is 0.0322. The average Bonchev–Trinajstić information content (AvgIpc) is 2.57. The molecule has 0 radical (unpaired) electrons. The molecule has 1 heterocycles. The second-order valence-corrected chi connectivity index (χ2v) is 5.68. The zero-order valence-corrected chi connectivity index (χ0v) is 13.8. The Kier molecular flexibility index (Phi) is 8.13. The van der Waals surface area contributed by atoms with E-state index in [1.54, 1.807) is 0 Å². The number of ether oxygens (including phenoxy) is 3. The van der Waals surface area contributed by atoms with Crippen LogP contribution in [0.2, 0.25) is 0 Å². The smallest absolute Gasteiger partial charge is 0.119 e. The summed E-state index contributed by atoms with van der Waals surface area (Å²) < 4.78 is 16.8. The van der Waals surface area contributed by atoms with E-state index < -0.39 is 0 Å². The lowest BCUT2D eigenvalue weighted by atomic mass is 10.2. The van der Waals surface area contributed by atoms with Crippen LogP contribution < -0.4 is 9.47 Å². The van der Waals surface area contributed by atoms with Gasteiger partial charge in [-0.05, 0) is 30.7 Å². The van der Waals surface area contributed by atoms with Crippen molar-refractivity contribution in [2.75, 3.05) is 46.1 Å². The van der Waals surface area contributed by atoms with Gasteiger partial charge in [-0.15, -0.1) is 0 Å². The van der Waals surface area contributed by atoms with Crippen LogP contribution in [-0.4, -0.2) is 51.0 Å². The standard InChI is InChI=1S/C18H29NO3/c1-2-3-4-5-13-21-17-6-8-18(9-7-17)22-16-12-19-10-14-20-15-11-19/h6-9H,2-5,10-16H2,1H3. The van der Waals surface area contributed by atoms with Gasteiger partial charge < -0.3 is 14.2 Å². The van der Waals surface area contributed by atoms with Gasteiger partial charge in [0.15, 0.2) is 0 Å². The van der Waals surface area contributed by atoms with Crippen LogP contribution in [0, 0.1) is 0 Å². The number of benzene rings is 1. The van der Waals surface area contributed by atoms with Crippen LogP contribution in [0.4, 0.5) is 0 Å². The molecule has 0 N–H and O–H groups in total. The number of nitrogens with zero attached hydrogens (tertiary/aromatic N) is 1. The minimum Gasteiger partial charge on any atom is -0.494 e. The molecular weight excluding hydrogens is 278 g/mol. The van der Waals surface area contributed by atoms with Crippen molar-refractivity contribution in [1.82, 2.24) is 4.90 Å². The van der Waals surface area contributed by atoms with Gasteiger partial charge in [0.05, 0.1) is 19.8 Å². The summed E-state index contributed by atoms with van der Waals surface area (Å²) in [6, 6.07) is 7.95. The third-order valence-corrected chi connectivity index (χ3v) is 3.87. The second kappa shape index (κ2) is 10.5. The number of morpholine rings is 1. The van der Waals surface area contributed by atoms with Gasteiger partial charge in [-0.25, -0.2) is 0 Å². The molecule has 0 saturated carbocycles. The fourth-order valence-corrected chi connectivity index (χ4v) is 2.47. The van der Waals surface area contributed by atoms with Crippen molar-refractivity contribution in [2.24, 2.45) is 0 Å². The molecule has 1 aliphatic heterocycles. The van der Waals surface area contributed by atoms with Gasteiger partial charge in [-0.2, -0.15) is 0 Å². The number of hydrogen-bond acceptors (Lipinski definition) is 4. The predicted molar refractivity (Wildman–Crippen MR) is 88.8 cm³/mol. The molecule has 22 heavy (non-hydrogen) atoms. The Hall–Kier alpha value is -1.26. The molecule has 124 valence electrons. The summed E-state index contributed by atoms with van der Waals surface area (Å²) in [4.78, 5) is 2.37. The van der Waals surface area contributed by atoms with Crippen molar-refractivity contribution in [1.29, 1.82) is 0 Å². The molecule has 0 atom stereocenters. The minimum absolute atomic E-state index is 0.719. The molecule has 0 aliphatic carbocycles. The molecule has 1 fully saturated rings. The largest absolute Gasteiger partial charge is 0.494 e. The third kappa shape index (κ3) is 6.67. The Bertz CT molecular complexity index is 388. The van der Waals surface area contributed by atoms with Crippen molar-refractivity contribution >= 4 is 0 Å². The van der Waals surface area contributed by atoms with E-state index in [1.165, 1.54) is 19.3 Å². The van der Waals surface area contributed by atoms with Crippen LogP contribution in [0.3, 0.4) is 0 Å². The Balaban J connectivity index is 1.59. The van der Waals surface area contributed by atoms with Gasteiger partial charge in [-0.3, -0.25) is 4.90 Å². The first kappa shape index (κ1) is 17.1. The van der Waals surface area contributed by atoms with Crippen LogP contribution >= 0.6 is 0 Å². The highest BCUT2D eigenvalue weighted by molar-refractivity contribution is 5.31. The molecule has 0 aromatic heterocycles. The summed E-state index contributed by atoms with van der Waals surface area (Å²) in [6.07, 6.45) is 4.93. The first-order valence-corrected chi connectivity index (χ1v) is 8.54. The van der Waals surface area contributed by atoms with Crippen molar-refractivity contribution in [3.63, 3.8) is 0 Å². The molecule has 1 aliphatic rings. The fraction of sp³-hybridized carbons (Fsp3) is 0.667. The van der Waals surface area contributed by atoms with Gasteiger partial charge in [-0.1, -0.05) is 26.2 Å². The van der Waals surface area contributed by atoms with Gasteiger partial charge in [0.25, 0.3) is 0 Å². The van der Waals surface area contributed by atoms with Crippen LogP contribution in [0.15, 0.2) is 24.3 Å². The number of rotatable bonds is 10. The predicted octanol–water partition coefficient (Wildman–Crippen LogP) is 3.36. The molecular formula is C18H29NO3. The highest BCUT2D eigenvalue weighted by Crippen LogP contribution is 2.18. The molecule has 4 heteroatoms. The van der Waals surface area contributed by atoms with Gasteiger partial charge in [0.1, 0.15) is 18.1 Å². The zero-order chi connectivity index (χ0) is 15.5. The molecule has 2 rings (SSSR count). The van der Waals surface area contributed by atoms with E-state index in [9.17, 15) is 0 Å². The quantitative estimate of drug-likeness (QED) is 0.620. The van der Waals surface area contributed by atoms with E-state index in [2.05, 4.69) is 11.8 Å². The molecule has 0 unspecified atom stereocenters. The fourth-order valence-electron chi connectivity index (χ4n) is 2.47. The Morgan fingerprint density at radius 1 is 0.909 bits per heavy atom. The maximum absolute atomic E-state index is 5.78. The van der Waals surface area contributed by atoms with Gasteiger partial charge in [0, 0.05) is 19.6 Å². The maximum Gasteiger partial charge on any atom is 0.119 e. The summed E-state index contributed by atoms with van der Waals surface area (Å²) in [5, 5.41) is 0. The summed E-state index contributed by atoms with van der Waals surface area (Å²) in [5.74, 6) is 1.84. The van der Waals surface area contributed by atoms with Gasteiger partial charge in [0.2, 0.25) is 0 Å². The number of hydrogen-bond donors (Lipinski definition) is 0. The SMILES string of the molecule is CCCCCCOc1ccc(OCCN2CCOCC2)cc1. The normalized spacial score (nSPS) is 15.7. The second-order valence-electron chi connectivity index (χ2n) is 5.68. The van der Waals surface area contributed by atoms with E-state index in [1.807, 2.05) is 24.3 Å². The van der Waals surface area contributed by atoms with E-state index >= 15 is 0 Å². The van der Waals surface area contributed by atoms with Crippen LogP contribution in [0.1, 0.15) is 32.6 Å². The van der Waals surface area contributed by atoms with Crippen molar-refractivity contribution < 1.29 is 14.2 Å². The van der Waals surface area contributed by atoms with E-state index in [-0.39, 0.29) is 0 Å². The zero-order valence-electron chi connectivity index (χ0n) is 13.8. The lowest BCUT2D eigenvalue weighted by Gasteiger charge is -2.26. The third-order valence-electron chi connectivity index (χ3n) is 3.87. The summed E-state index contributed by atoms with van der Waals surface area (Å²) in [7, 11) is 0. The molecule has 4 nitrogen and oxygen atoms in total. The Morgan fingerprint density at radius 3 is 2.18 bits per heavy atom. The molecule has 1 aromatic rings. The van der Waals surface area contributed by atoms with E-state index in [0.29, 0.717) is 0 Å². The lowest BCUT2D eigenvalue weighted by Crippen LogP contribution is -2.38. The summed E-state index contributed by atoms with van der Waals surface area (Å²) in [5.41, 5.74) is 0. The van der Waals surface area contributed by atoms with Crippen molar-refractivity contribution in [3.8, 4) is 11.5 Å². The van der Waals surface area contributed by atoms with Crippen LogP contribution in [-0.2, 0) is 4.74 Å². The average molecular weight is 307 g/mol. The van der Waals surface area contributed by atoms with Gasteiger partial charge >= 0.3 is 0 Å². The molecule has 1 aromatic carbocycles. The molecule has 1 saturated heterocycles. The molecule has 0 amide bonds. The highest BCUT2D eigenvalue weighted by atomic mass is 16.5. The summed E-state index contributed by atoms with van der Waals surface area (Å²) >= 11 is 0. The topological polar surface area (TPSA) is 30.9 Å². The minimum atomic E-state index is 0.719. The van der Waals surface area contributed by atoms with Crippen LogP contribution in [0.25, 0.3) is 0 Å². The first-order chi connectivity index (χ1) is 10.9. The maximum atomic E-state index is 5.78. The van der Waals surface area contributed by atoms with Crippen molar-refractivity contribution in [2.45, 2.75) is 32.6 Å². The first-order valence-electron chi connectivity index (χ1n) is 8.54. The number of unbranched alkanes of at least 4 members (excludes halogenated alkanes) is 3. The molecule has 0 spiro atoms. The summed E-state index contributed by atoms with van der Waals surface area (Å²) in [6.45, 7) is 8.39. The van der Waals surface area contributed by atoms with Crippen molar-refractivity contribution in [3.05, 3.63) is 24.3 Å². The molecule has 0 bridgehead atoms. The highest BCUT2D eigenvalue weighted by Gasteiger charge is 2.09. The Labute approximate surface area is 134 Å². The van der Waals surface area contributed by atoms with Crippen LogP contribution in [0.5, 0.6) is 11.5 Å².